The Bertz CT molecular complexity index is 648. The summed E-state index contributed by atoms with van der Waals surface area (Å²) in [7, 11) is 0. The maximum absolute atomic E-state index is 5.88. The molecule has 0 spiro atoms. The normalized spacial score (nSPS) is 9.86. The Kier molecular flexibility index (Phi) is 5.43. The van der Waals surface area contributed by atoms with E-state index in [9.17, 15) is 0 Å². The average Bonchev–Trinajstić information content (AvgIpc) is 2.52. The number of rotatable bonds is 4. The van der Waals surface area contributed by atoms with Gasteiger partial charge < -0.3 is 10.5 Å². The predicted octanol–water partition coefficient (Wildman–Crippen LogP) is 3.45. The second-order valence-corrected chi connectivity index (χ2v) is 4.94. The minimum Gasteiger partial charge on any atom is -0.489 e. The molecule has 2 N–H and O–H groups in total. The fourth-order valence-corrected chi connectivity index (χ4v) is 2.07. The molecule has 2 aromatic rings. The molecule has 0 fully saturated rings. The van der Waals surface area contributed by atoms with Crippen molar-refractivity contribution < 1.29 is 4.74 Å². The third kappa shape index (κ3) is 4.37. The van der Waals surface area contributed by atoms with Crippen molar-refractivity contribution in [3.05, 3.63) is 64.7 Å². The maximum Gasteiger partial charge on any atom is 0.122 e. The first-order chi connectivity index (χ1) is 10.2. The standard InChI is InChI=1S/C19H21NO/c1-3-16-6-8-18(9-7-16)14-21-19-11-10-17(5-4-12-20)13-15(19)2/h6-11,13H,3,12,14,20H2,1-2H3. The second kappa shape index (κ2) is 7.52. The number of hydrogen-bond donors (Lipinski definition) is 1. The zero-order chi connectivity index (χ0) is 15.1. The lowest BCUT2D eigenvalue weighted by Crippen LogP contribution is -1.98. The van der Waals surface area contributed by atoms with E-state index >= 15 is 0 Å². The van der Waals surface area contributed by atoms with E-state index in [-0.39, 0.29) is 0 Å². The van der Waals surface area contributed by atoms with Gasteiger partial charge in [-0.15, -0.1) is 0 Å². The van der Waals surface area contributed by atoms with Crippen LogP contribution < -0.4 is 10.5 Å². The number of hydrogen-bond acceptors (Lipinski definition) is 2. The number of benzene rings is 2. The van der Waals surface area contributed by atoms with E-state index in [2.05, 4.69) is 43.0 Å². The molecule has 0 radical (unpaired) electrons. The molecule has 0 saturated carbocycles. The minimum absolute atomic E-state index is 0.380. The first kappa shape index (κ1) is 15.2. The fourth-order valence-electron chi connectivity index (χ4n) is 2.07. The smallest absolute Gasteiger partial charge is 0.122 e. The first-order valence-electron chi connectivity index (χ1n) is 7.23. The van der Waals surface area contributed by atoms with Crippen molar-refractivity contribution in [2.75, 3.05) is 6.54 Å². The van der Waals surface area contributed by atoms with Crippen molar-refractivity contribution in [3.8, 4) is 17.6 Å². The van der Waals surface area contributed by atoms with Crippen LogP contribution in [-0.4, -0.2) is 6.54 Å². The Morgan fingerprint density at radius 1 is 1.05 bits per heavy atom. The summed E-state index contributed by atoms with van der Waals surface area (Å²) in [6.45, 7) is 5.15. The van der Waals surface area contributed by atoms with Gasteiger partial charge >= 0.3 is 0 Å². The summed E-state index contributed by atoms with van der Waals surface area (Å²) in [6.07, 6.45) is 1.06. The Labute approximate surface area is 126 Å². The summed E-state index contributed by atoms with van der Waals surface area (Å²) >= 11 is 0. The Balaban J connectivity index is 2.02. The predicted molar refractivity (Wildman–Crippen MR) is 87.3 cm³/mol. The monoisotopic (exact) mass is 279 g/mol. The molecule has 108 valence electrons. The van der Waals surface area contributed by atoms with Gasteiger partial charge in [0.1, 0.15) is 12.4 Å². The molecule has 0 aliphatic heterocycles. The first-order valence-corrected chi connectivity index (χ1v) is 7.23. The molecule has 0 unspecified atom stereocenters. The molecule has 2 rings (SSSR count). The summed E-state index contributed by atoms with van der Waals surface area (Å²) in [5.74, 6) is 6.78. The lowest BCUT2D eigenvalue weighted by molar-refractivity contribution is 0.304. The summed E-state index contributed by atoms with van der Waals surface area (Å²) in [4.78, 5) is 0. The van der Waals surface area contributed by atoms with E-state index < -0.39 is 0 Å². The van der Waals surface area contributed by atoms with Crippen LogP contribution in [0.5, 0.6) is 5.75 Å². The van der Waals surface area contributed by atoms with Crippen LogP contribution >= 0.6 is 0 Å². The summed E-state index contributed by atoms with van der Waals surface area (Å²) in [5.41, 5.74) is 9.96. The molecule has 0 atom stereocenters. The second-order valence-electron chi connectivity index (χ2n) is 4.94. The summed E-state index contributed by atoms with van der Waals surface area (Å²) in [5, 5.41) is 0. The third-order valence-electron chi connectivity index (χ3n) is 3.34. The molecule has 2 nitrogen and oxygen atoms in total. The third-order valence-corrected chi connectivity index (χ3v) is 3.34. The Morgan fingerprint density at radius 2 is 1.76 bits per heavy atom. The number of ether oxygens (including phenoxy) is 1. The van der Waals surface area contributed by atoms with Crippen LogP contribution in [0.3, 0.4) is 0 Å². The highest BCUT2D eigenvalue weighted by Crippen LogP contribution is 2.20. The fraction of sp³-hybridized carbons (Fsp3) is 0.263. The lowest BCUT2D eigenvalue weighted by Gasteiger charge is -2.10. The molecule has 0 aromatic heterocycles. The molecule has 0 aliphatic rings. The van der Waals surface area contributed by atoms with Gasteiger partial charge in [-0.2, -0.15) is 0 Å². The highest BCUT2D eigenvalue weighted by molar-refractivity contribution is 5.43. The van der Waals surface area contributed by atoms with Gasteiger partial charge in [-0.25, -0.2) is 0 Å². The molecular formula is C19H21NO. The molecule has 2 heteroatoms. The Morgan fingerprint density at radius 3 is 2.38 bits per heavy atom. The highest BCUT2D eigenvalue weighted by Gasteiger charge is 2.01. The molecule has 0 amide bonds. The number of aryl methyl sites for hydroxylation is 2. The van der Waals surface area contributed by atoms with Crippen molar-refractivity contribution in [1.82, 2.24) is 0 Å². The molecule has 2 aromatic carbocycles. The molecule has 0 saturated heterocycles. The van der Waals surface area contributed by atoms with Crippen LogP contribution in [0.25, 0.3) is 0 Å². The van der Waals surface area contributed by atoms with Crippen molar-refractivity contribution in [2.24, 2.45) is 5.73 Å². The van der Waals surface area contributed by atoms with Crippen LogP contribution in [0.2, 0.25) is 0 Å². The van der Waals surface area contributed by atoms with E-state index in [0.717, 1.165) is 23.3 Å². The topological polar surface area (TPSA) is 35.2 Å². The van der Waals surface area contributed by atoms with Gasteiger partial charge in [-0.05, 0) is 48.2 Å². The molecular weight excluding hydrogens is 258 g/mol. The van der Waals surface area contributed by atoms with Gasteiger partial charge in [-0.1, -0.05) is 43.0 Å². The summed E-state index contributed by atoms with van der Waals surface area (Å²) in [6, 6.07) is 14.5. The van der Waals surface area contributed by atoms with E-state index in [1.165, 1.54) is 11.1 Å². The van der Waals surface area contributed by atoms with Gasteiger partial charge in [0.2, 0.25) is 0 Å². The molecule has 0 bridgehead atoms. The summed E-state index contributed by atoms with van der Waals surface area (Å²) < 4.78 is 5.88. The van der Waals surface area contributed by atoms with Gasteiger partial charge in [0.05, 0.1) is 6.54 Å². The quantitative estimate of drug-likeness (QED) is 0.870. The maximum atomic E-state index is 5.88. The SMILES string of the molecule is CCc1ccc(COc2ccc(C#CCN)cc2C)cc1. The van der Waals surface area contributed by atoms with E-state index in [4.69, 9.17) is 10.5 Å². The van der Waals surface area contributed by atoms with Crippen molar-refractivity contribution in [2.45, 2.75) is 26.9 Å². The van der Waals surface area contributed by atoms with Crippen LogP contribution in [0.1, 0.15) is 29.2 Å². The number of nitrogens with two attached hydrogens (primary N) is 1. The van der Waals surface area contributed by atoms with Gasteiger partial charge in [0.15, 0.2) is 0 Å². The van der Waals surface area contributed by atoms with Crippen LogP contribution in [0, 0.1) is 18.8 Å². The van der Waals surface area contributed by atoms with Gasteiger partial charge in [0, 0.05) is 5.56 Å². The van der Waals surface area contributed by atoms with Crippen LogP contribution in [0.15, 0.2) is 42.5 Å². The Hall–Kier alpha value is -2.24. The zero-order valence-electron chi connectivity index (χ0n) is 12.6. The highest BCUT2D eigenvalue weighted by atomic mass is 16.5. The van der Waals surface area contributed by atoms with E-state index in [1.807, 2.05) is 25.1 Å². The molecule has 21 heavy (non-hydrogen) atoms. The zero-order valence-corrected chi connectivity index (χ0v) is 12.6. The van der Waals surface area contributed by atoms with E-state index in [0.29, 0.717) is 13.2 Å². The average molecular weight is 279 g/mol. The van der Waals surface area contributed by atoms with E-state index in [1.54, 1.807) is 0 Å². The van der Waals surface area contributed by atoms with Gasteiger partial charge in [0.25, 0.3) is 0 Å². The van der Waals surface area contributed by atoms with Crippen LogP contribution in [0.4, 0.5) is 0 Å². The van der Waals surface area contributed by atoms with Crippen molar-refractivity contribution >= 4 is 0 Å². The molecule has 0 aliphatic carbocycles. The van der Waals surface area contributed by atoms with Gasteiger partial charge in [-0.3, -0.25) is 0 Å². The van der Waals surface area contributed by atoms with Crippen molar-refractivity contribution in [1.29, 1.82) is 0 Å². The largest absolute Gasteiger partial charge is 0.489 e. The lowest BCUT2D eigenvalue weighted by atomic mass is 10.1. The minimum atomic E-state index is 0.380. The van der Waals surface area contributed by atoms with Crippen molar-refractivity contribution in [3.63, 3.8) is 0 Å². The van der Waals surface area contributed by atoms with Crippen LogP contribution in [-0.2, 0) is 13.0 Å². The molecule has 0 heterocycles.